The zero-order valence-corrected chi connectivity index (χ0v) is 12.1. The first-order chi connectivity index (χ1) is 8.58. The molecule has 1 rings (SSSR count). The molecule has 0 unspecified atom stereocenters. The Labute approximate surface area is 116 Å². The standard InChI is InChI=1S/C12H16ClN3OS/c1-9(2)7-16(5-3-4-14)12-15-10(8-18-12)11(17)6-13/h8-9H,3,5-7H2,1-2H3. The summed E-state index contributed by atoms with van der Waals surface area (Å²) in [5.41, 5.74) is 0.413. The van der Waals surface area contributed by atoms with Gasteiger partial charge in [-0.25, -0.2) is 4.98 Å². The summed E-state index contributed by atoms with van der Waals surface area (Å²) in [5.74, 6) is 0.259. The molecule has 4 nitrogen and oxygen atoms in total. The molecule has 0 amide bonds. The number of rotatable bonds is 7. The SMILES string of the molecule is CC(C)CN(CCC#N)c1nc(C(=O)CCl)cs1. The van der Waals surface area contributed by atoms with Crippen molar-refractivity contribution in [3.8, 4) is 6.07 Å². The van der Waals surface area contributed by atoms with E-state index in [2.05, 4.69) is 24.9 Å². The maximum absolute atomic E-state index is 11.4. The largest absolute Gasteiger partial charge is 0.347 e. The molecule has 0 radical (unpaired) electrons. The molecule has 0 N–H and O–H groups in total. The van der Waals surface area contributed by atoms with Crippen molar-refractivity contribution in [2.45, 2.75) is 20.3 Å². The second-order valence-electron chi connectivity index (χ2n) is 4.32. The number of Topliss-reactive ketones (excluding diaryl/α,β-unsaturated/α-hetero) is 1. The third kappa shape index (κ3) is 4.28. The lowest BCUT2D eigenvalue weighted by Gasteiger charge is -2.22. The molecular formula is C12H16ClN3OS. The summed E-state index contributed by atoms with van der Waals surface area (Å²) in [7, 11) is 0. The number of nitriles is 1. The fourth-order valence-electron chi connectivity index (χ4n) is 1.50. The molecule has 18 heavy (non-hydrogen) atoms. The molecule has 0 atom stereocenters. The van der Waals surface area contributed by atoms with Crippen LogP contribution in [0.4, 0.5) is 5.13 Å². The van der Waals surface area contributed by atoms with Crippen molar-refractivity contribution in [2.24, 2.45) is 5.92 Å². The molecular weight excluding hydrogens is 270 g/mol. The number of aromatic nitrogens is 1. The van der Waals surface area contributed by atoms with E-state index in [0.29, 0.717) is 24.6 Å². The zero-order chi connectivity index (χ0) is 13.5. The molecule has 0 saturated carbocycles. The summed E-state index contributed by atoms with van der Waals surface area (Å²) in [5, 5.41) is 11.2. The highest BCUT2D eigenvalue weighted by Crippen LogP contribution is 2.22. The number of thiazole rings is 1. The monoisotopic (exact) mass is 285 g/mol. The van der Waals surface area contributed by atoms with E-state index in [1.54, 1.807) is 5.38 Å². The topological polar surface area (TPSA) is 57.0 Å². The Hall–Kier alpha value is -1.12. The Morgan fingerprint density at radius 2 is 2.39 bits per heavy atom. The minimum absolute atomic E-state index is 0.0501. The molecule has 0 saturated heterocycles. The molecule has 1 heterocycles. The van der Waals surface area contributed by atoms with E-state index in [9.17, 15) is 4.79 Å². The second-order valence-corrected chi connectivity index (χ2v) is 5.42. The van der Waals surface area contributed by atoms with E-state index in [-0.39, 0.29) is 11.7 Å². The van der Waals surface area contributed by atoms with Crippen LogP contribution >= 0.6 is 22.9 Å². The number of anilines is 1. The highest BCUT2D eigenvalue weighted by Gasteiger charge is 2.15. The maximum Gasteiger partial charge on any atom is 0.196 e. The van der Waals surface area contributed by atoms with Crippen molar-refractivity contribution in [1.29, 1.82) is 5.26 Å². The van der Waals surface area contributed by atoms with E-state index < -0.39 is 0 Å². The Morgan fingerprint density at radius 1 is 1.67 bits per heavy atom. The lowest BCUT2D eigenvalue weighted by atomic mass is 10.2. The number of carbonyl (C=O) groups excluding carboxylic acids is 1. The van der Waals surface area contributed by atoms with Gasteiger partial charge in [0, 0.05) is 18.5 Å². The third-order valence-electron chi connectivity index (χ3n) is 2.25. The minimum Gasteiger partial charge on any atom is -0.347 e. The average molecular weight is 286 g/mol. The van der Waals surface area contributed by atoms with Gasteiger partial charge in [0.25, 0.3) is 0 Å². The van der Waals surface area contributed by atoms with Crippen molar-refractivity contribution in [2.75, 3.05) is 23.9 Å². The summed E-state index contributed by atoms with van der Waals surface area (Å²) in [4.78, 5) is 17.8. The number of carbonyl (C=O) groups is 1. The number of halogens is 1. The lowest BCUT2D eigenvalue weighted by molar-refractivity contribution is 0.101. The Balaban J connectivity index is 2.81. The van der Waals surface area contributed by atoms with Crippen LogP contribution in [0.3, 0.4) is 0 Å². The molecule has 0 aliphatic rings. The molecule has 0 fully saturated rings. The normalized spacial score (nSPS) is 10.4. The van der Waals surface area contributed by atoms with Crippen molar-refractivity contribution in [3.63, 3.8) is 0 Å². The third-order valence-corrected chi connectivity index (χ3v) is 3.39. The molecule has 0 bridgehead atoms. The zero-order valence-electron chi connectivity index (χ0n) is 10.5. The van der Waals surface area contributed by atoms with Crippen molar-refractivity contribution in [1.82, 2.24) is 4.98 Å². The van der Waals surface area contributed by atoms with Gasteiger partial charge in [0.15, 0.2) is 10.9 Å². The highest BCUT2D eigenvalue weighted by molar-refractivity contribution is 7.14. The summed E-state index contributed by atoms with van der Waals surface area (Å²) >= 11 is 6.92. The number of hydrogen-bond acceptors (Lipinski definition) is 5. The fourth-order valence-corrected chi connectivity index (χ4v) is 2.50. The summed E-state index contributed by atoms with van der Waals surface area (Å²) in [6.45, 7) is 5.68. The number of ketones is 1. The summed E-state index contributed by atoms with van der Waals surface area (Å²) in [6.07, 6.45) is 0.449. The van der Waals surface area contributed by atoms with Gasteiger partial charge in [0.05, 0.1) is 18.4 Å². The van der Waals surface area contributed by atoms with Crippen LogP contribution in [-0.4, -0.2) is 29.7 Å². The number of nitrogens with zero attached hydrogens (tertiary/aromatic N) is 3. The van der Waals surface area contributed by atoms with Gasteiger partial charge >= 0.3 is 0 Å². The first-order valence-electron chi connectivity index (χ1n) is 5.75. The molecule has 6 heteroatoms. The van der Waals surface area contributed by atoms with Crippen LogP contribution in [-0.2, 0) is 0 Å². The van der Waals surface area contributed by atoms with Crippen LogP contribution in [0.2, 0.25) is 0 Å². The molecule has 0 aliphatic heterocycles. The highest BCUT2D eigenvalue weighted by atomic mass is 35.5. The molecule has 0 aromatic carbocycles. The van der Waals surface area contributed by atoms with E-state index in [1.807, 2.05) is 4.90 Å². The van der Waals surface area contributed by atoms with Gasteiger partial charge < -0.3 is 4.90 Å². The van der Waals surface area contributed by atoms with Crippen molar-refractivity contribution in [3.05, 3.63) is 11.1 Å². The van der Waals surface area contributed by atoms with Crippen molar-refractivity contribution < 1.29 is 4.79 Å². The minimum atomic E-state index is -0.163. The lowest BCUT2D eigenvalue weighted by Crippen LogP contribution is -2.28. The molecule has 1 aromatic heterocycles. The van der Waals surface area contributed by atoms with Gasteiger partial charge in [0.1, 0.15) is 5.69 Å². The quantitative estimate of drug-likeness (QED) is 0.571. The number of alkyl halides is 1. The Kier molecular flexibility index (Phi) is 6.10. The van der Waals surface area contributed by atoms with Gasteiger partial charge in [-0.1, -0.05) is 13.8 Å². The maximum atomic E-state index is 11.4. The predicted molar refractivity (Wildman–Crippen MR) is 74.4 cm³/mol. The van der Waals surface area contributed by atoms with Crippen LogP contribution < -0.4 is 4.90 Å². The van der Waals surface area contributed by atoms with Crippen LogP contribution in [0.25, 0.3) is 0 Å². The van der Waals surface area contributed by atoms with Crippen LogP contribution in [0.5, 0.6) is 0 Å². The van der Waals surface area contributed by atoms with E-state index in [1.165, 1.54) is 11.3 Å². The average Bonchev–Trinajstić information content (AvgIpc) is 2.82. The first kappa shape index (κ1) is 14.9. The van der Waals surface area contributed by atoms with Gasteiger partial charge in [0.2, 0.25) is 0 Å². The van der Waals surface area contributed by atoms with Gasteiger partial charge in [-0.3, -0.25) is 4.79 Å². The second kappa shape index (κ2) is 7.34. The van der Waals surface area contributed by atoms with Crippen LogP contribution in [0, 0.1) is 17.2 Å². The summed E-state index contributed by atoms with van der Waals surface area (Å²) in [6, 6.07) is 2.13. The van der Waals surface area contributed by atoms with Gasteiger partial charge in [-0.05, 0) is 5.92 Å². The fraction of sp³-hybridized carbons (Fsp3) is 0.583. The van der Waals surface area contributed by atoms with Crippen LogP contribution in [0.15, 0.2) is 5.38 Å². The first-order valence-corrected chi connectivity index (χ1v) is 7.16. The molecule has 1 aromatic rings. The Bertz CT molecular complexity index is 439. The molecule has 98 valence electrons. The smallest absolute Gasteiger partial charge is 0.196 e. The van der Waals surface area contributed by atoms with Gasteiger partial charge in [-0.2, -0.15) is 5.26 Å². The van der Waals surface area contributed by atoms with Crippen LogP contribution in [0.1, 0.15) is 30.8 Å². The van der Waals surface area contributed by atoms with E-state index >= 15 is 0 Å². The Morgan fingerprint density at radius 3 is 2.94 bits per heavy atom. The van der Waals surface area contributed by atoms with E-state index in [4.69, 9.17) is 16.9 Å². The predicted octanol–water partition coefficient (Wildman–Crippen LogP) is 2.94. The van der Waals surface area contributed by atoms with Gasteiger partial charge in [-0.15, -0.1) is 22.9 Å². The number of hydrogen-bond donors (Lipinski definition) is 0. The molecule has 0 spiro atoms. The van der Waals surface area contributed by atoms with E-state index in [0.717, 1.165) is 11.7 Å². The van der Waals surface area contributed by atoms with Crippen molar-refractivity contribution >= 4 is 33.9 Å². The molecule has 0 aliphatic carbocycles. The summed E-state index contributed by atoms with van der Waals surface area (Å²) < 4.78 is 0.